The van der Waals surface area contributed by atoms with Gasteiger partial charge in [0.15, 0.2) is 0 Å². The molecule has 0 bridgehead atoms. The van der Waals surface area contributed by atoms with E-state index in [0.29, 0.717) is 26.3 Å². The summed E-state index contributed by atoms with van der Waals surface area (Å²) in [5.74, 6) is 0. The number of amides is 1. The van der Waals surface area contributed by atoms with Crippen LogP contribution in [-0.2, 0) is 9.47 Å². The standard InChI is InChI=1S/C11H19NO3/c1-11(2,3)15-10(13)12-6-4-5-8-14-9-7-12/h4-5H,6-9H2,1-3H3/b5-4-. The van der Waals surface area contributed by atoms with Gasteiger partial charge in [0.2, 0.25) is 0 Å². The maximum Gasteiger partial charge on any atom is 0.410 e. The summed E-state index contributed by atoms with van der Waals surface area (Å²) in [5.41, 5.74) is -0.440. The van der Waals surface area contributed by atoms with E-state index < -0.39 is 5.60 Å². The minimum Gasteiger partial charge on any atom is -0.444 e. The molecule has 1 rings (SSSR count). The van der Waals surface area contributed by atoms with Gasteiger partial charge in [-0.25, -0.2) is 4.79 Å². The number of carbonyl (C=O) groups excluding carboxylic acids is 1. The van der Waals surface area contributed by atoms with E-state index in [2.05, 4.69) is 0 Å². The molecule has 0 saturated heterocycles. The molecule has 0 aromatic carbocycles. The Balaban J connectivity index is 2.49. The highest BCUT2D eigenvalue weighted by atomic mass is 16.6. The smallest absolute Gasteiger partial charge is 0.410 e. The first-order chi connectivity index (χ1) is 6.99. The summed E-state index contributed by atoms with van der Waals surface area (Å²) in [7, 11) is 0. The molecule has 4 nitrogen and oxygen atoms in total. The number of nitrogens with zero attached hydrogens (tertiary/aromatic N) is 1. The van der Waals surface area contributed by atoms with E-state index in [4.69, 9.17) is 9.47 Å². The van der Waals surface area contributed by atoms with Gasteiger partial charge in [-0.2, -0.15) is 0 Å². The summed E-state index contributed by atoms with van der Waals surface area (Å²) in [4.78, 5) is 13.3. The molecule has 0 atom stereocenters. The van der Waals surface area contributed by atoms with Crippen LogP contribution in [0.4, 0.5) is 4.79 Å². The summed E-state index contributed by atoms with van der Waals surface area (Å²) in [5, 5.41) is 0. The van der Waals surface area contributed by atoms with Crippen molar-refractivity contribution in [3.05, 3.63) is 12.2 Å². The lowest BCUT2D eigenvalue weighted by atomic mass is 10.2. The second-order valence-electron chi connectivity index (χ2n) is 4.47. The summed E-state index contributed by atoms with van der Waals surface area (Å²) in [6.45, 7) is 7.95. The van der Waals surface area contributed by atoms with Crippen molar-refractivity contribution in [3.8, 4) is 0 Å². The van der Waals surface area contributed by atoms with Crippen molar-refractivity contribution in [2.45, 2.75) is 26.4 Å². The number of rotatable bonds is 0. The van der Waals surface area contributed by atoms with Gasteiger partial charge >= 0.3 is 6.09 Å². The Morgan fingerprint density at radius 3 is 2.80 bits per heavy atom. The molecule has 1 amide bonds. The topological polar surface area (TPSA) is 38.8 Å². The van der Waals surface area contributed by atoms with Gasteiger partial charge in [0, 0.05) is 13.1 Å². The van der Waals surface area contributed by atoms with E-state index in [9.17, 15) is 4.79 Å². The fourth-order valence-electron chi connectivity index (χ4n) is 1.18. The van der Waals surface area contributed by atoms with E-state index in [-0.39, 0.29) is 6.09 Å². The quantitative estimate of drug-likeness (QED) is 0.576. The molecule has 0 spiro atoms. The number of carbonyl (C=O) groups is 1. The average Bonchev–Trinajstić information content (AvgIpc) is 1.98. The van der Waals surface area contributed by atoms with Gasteiger partial charge in [0.05, 0.1) is 13.2 Å². The molecule has 1 heterocycles. The molecule has 86 valence electrons. The van der Waals surface area contributed by atoms with E-state index >= 15 is 0 Å². The maximum absolute atomic E-state index is 11.7. The van der Waals surface area contributed by atoms with E-state index in [1.165, 1.54) is 0 Å². The van der Waals surface area contributed by atoms with Crippen LogP contribution in [0.25, 0.3) is 0 Å². The highest BCUT2D eigenvalue weighted by Gasteiger charge is 2.21. The molecular weight excluding hydrogens is 194 g/mol. The van der Waals surface area contributed by atoms with Gasteiger partial charge in [-0.3, -0.25) is 0 Å². The predicted molar refractivity (Wildman–Crippen MR) is 57.8 cm³/mol. The zero-order valence-electron chi connectivity index (χ0n) is 9.66. The fourth-order valence-corrected chi connectivity index (χ4v) is 1.18. The van der Waals surface area contributed by atoms with Crippen molar-refractivity contribution in [2.24, 2.45) is 0 Å². The normalized spacial score (nSPS) is 20.3. The summed E-state index contributed by atoms with van der Waals surface area (Å²) in [6.07, 6.45) is 3.55. The molecule has 1 aliphatic rings. The van der Waals surface area contributed by atoms with E-state index in [1.807, 2.05) is 32.9 Å². The minimum atomic E-state index is -0.440. The fraction of sp³-hybridized carbons (Fsp3) is 0.727. The third-order valence-corrected chi connectivity index (χ3v) is 1.86. The SMILES string of the molecule is CC(C)(C)OC(=O)N1C/C=C\COCC1. The zero-order chi connectivity index (χ0) is 11.3. The first-order valence-corrected chi connectivity index (χ1v) is 5.20. The van der Waals surface area contributed by atoms with Crippen molar-refractivity contribution < 1.29 is 14.3 Å². The van der Waals surface area contributed by atoms with Crippen molar-refractivity contribution in [1.82, 2.24) is 4.90 Å². The van der Waals surface area contributed by atoms with Crippen LogP contribution in [0.3, 0.4) is 0 Å². The van der Waals surface area contributed by atoms with Crippen molar-refractivity contribution in [1.29, 1.82) is 0 Å². The Morgan fingerprint density at radius 1 is 1.40 bits per heavy atom. The molecule has 15 heavy (non-hydrogen) atoms. The van der Waals surface area contributed by atoms with Crippen LogP contribution in [0.2, 0.25) is 0 Å². The second kappa shape index (κ2) is 5.16. The molecule has 0 aliphatic carbocycles. The first-order valence-electron chi connectivity index (χ1n) is 5.20. The number of ether oxygens (including phenoxy) is 2. The molecule has 0 radical (unpaired) electrons. The third-order valence-electron chi connectivity index (χ3n) is 1.86. The Hall–Kier alpha value is -1.03. The number of hydrogen-bond donors (Lipinski definition) is 0. The lowest BCUT2D eigenvalue weighted by Crippen LogP contribution is -2.39. The second-order valence-corrected chi connectivity index (χ2v) is 4.47. The van der Waals surface area contributed by atoms with Crippen LogP contribution >= 0.6 is 0 Å². The van der Waals surface area contributed by atoms with Crippen molar-refractivity contribution in [2.75, 3.05) is 26.3 Å². The summed E-state index contributed by atoms with van der Waals surface area (Å²) >= 11 is 0. The van der Waals surface area contributed by atoms with Crippen molar-refractivity contribution >= 4 is 6.09 Å². The lowest BCUT2D eigenvalue weighted by molar-refractivity contribution is 0.0203. The highest BCUT2D eigenvalue weighted by Crippen LogP contribution is 2.10. The monoisotopic (exact) mass is 213 g/mol. The highest BCUT2D eigenvalue weighted by molar-refractivity contribution is 5.68. The molecule has 1 aliphatic heterocycles. The van der Waals surface area contributed by atoms with Crippen LogP contribution in [-0.4, -0.2) is 42.9 Å². The van der Waals surface area contributed by atoms with Gasteiger partial charge in [0.1, 0.15) is 5.60 Å². The minimum absolute atomic E-state index is 0.280. The molecule has 0 saturated carbocycles. The molecule has 0 aromatic heterocycles. The summed E-state index contributed by atoms with van der Waals surface area (Å²) < 4.78 is 10.5. The number of hydrogen-bond acceptors (Lipinski definition) is 3. The van der Waals surface area contributed by atoms with Gasteiger partial charge in [-0.1, -0.05) is 12.2 Å². The molecule has 0 N–H and O–H groups in total. The van der Waals surface area contributed by atoms with Crippen LogP contribution in [0.15, 0.2) is 12.2 Å². The molecule has 0 fully saturated rings. The Labute approximate surface area is 90.8 Å². The van der Waals surface area contributed by atoms with Crippen LogP contribution in [0, 0.1) is 0 Å². The largest absolute Gasteiger partial charge is 0.444 e. The summed E-state index contributed by atoms with van der Waals surface area (Å²) in [6, 6.07) is 0. The third kappa shape index (κ3) is 4.83. The molecule has 0 aromatic rings. The molecule has 4 heteroatoms. The van der Waals surface area contributed by atoms with Crippen molar-refractivity contribution in [3.63, 3.8) is 0 Å². The van der Waals surface area contributed by atoms with Crippen LogP contribution < -0.4 is 0 Å². The van der Waals surface area contributed by atoms with Gasteiger partial charge < -0.3 is 14.4 Å². The zero-order valence-corrected chi connectivity index (χ0v) is 9.66. The van der Waals surface area contributed by atoms with E-state index in [0.717, 1.165) is 0 Å². The van der Waals surface area contributed by atoms with Gasteiger partial charge in [-0.15, -0.1) is 0 Å². The molecular formula is C11H19NO3. The molecule has 0 unspecified atom stereocenters. The first kappa shape index (κ1) is 12.0. The average molecular weight is 213 g/mol. The predicted octanol–water partition coefficient (Wildman–Crippen LogP) is 1.81. The van der Waals surface area contributed by atoms with E-state index in [1.54, 1.807) is 4.90 Å². The van der Waals surface area contributed by atoms with Gasteiger partial charge in [0.25, 0.3) is 0 Å². The Morgan fingerprint density at radius 2 is 2.13 bits per heavy atom. The lowest BCUT2D eigenvalue weighted by Gasteiger charge is -2.27. The van der Waals surface area contributed by atoms with Crippen LogP contribution in [0.1, 0.15) is 20.8 Å². The van der Waals surface area contributed by atoms with Gasteiger partial charge in [-0.05, 0) is 20.8 Å². The Bertz CT molecular complexity index is 243. The van der Waals surface area contributed by atoms with Crippen LogP contribution in [0.5, 0.6) is 0 Å². The maximum atomic E-state index is 11.7. The Kier molecular flexibility index (Phi) is 4.15.